The Bertz CT molecular complexity index is 1280. The molecule has 1 aliphatic rings. The van der Waals surface area contributed by atoms with E-state index in [-0.39, 0.29) is 17.4 Å². The van der Waals surface area contributed by atoms with Crippen molar-refractivity contribution in [2.45, 2.75) is 51.2 Å². The van der Waals surface area contributed by atoms with Crippen LogP contribution in [0.5, 0.6) is 0 Å². The maximum absolute atomic E-state index is 14.4. The average molecular weight is 542 g/mol. The number of ether oxygens (including phenoxy) is 1. The zero-order valence-corrected chi connectivity index (χ0v) is 23.1. The number of nitrogens with zero attached hydrogens (tertiary/aromatic N) is 4. The summed E-state index contributed by atoms with van der Waals surface area (Å²) >= 11 is 1.26. The Morgan fingerprint density at radius 2 is 1.66 bits per heavy atom. The van der Waals surface area contributed by atoms with Gasteiger partial charge in [0.15, 0.2) is 0 Å². The Morgan fingerprint density at radius 1 is 0.947 bits per heavy atom. The molecule has 3 aromatic rings. The van der Waals surface area contributed by atoms with Crippen molar-refractivity contribution < 1.29 is 18.3 Å². The Morgan fingerprint density at radius 3 is 2.32 bits per heavy atom. The van der Waals surface area contributed by atoms with Crippen molar-refractivity contribution in [1.29, 1.82) is 0 Å². The van der Waals surface area contributed by atoms with E-state index in [4.69, 9.17) is 9.72 Å². The molecule has 1 amide bonds. The number of aromatic nitrogens is 2. The minimum Gasteiger partial charge on any atom is -0.444 e. The fourth-order valence-corrected chi connectivity index (χ4v) is 4.71. The predicted molar refractivity (Wildman–Crippen MR) is 148 cm³/mol. The van der Waals surface area contributed by atoms with Crippen LogP contribution in [-0.4, -0.2) is 52.7 Å². The molecule has 1 saturated heterocycles. The first-order chi connectivity index (χ1) is 17.9. The molecule has 0 radical (unpaired) electrons. The number of piperazine rings is 1. The van der Waals surface area contributed by atoms with Crippen LogP contribution in [0.2, 0.25) is 0 Å². The van der Waals surface area contributed by atoms with Gasteiger partial charge in [0.1, 0.15) is 22.3 Å². The van der Waals surface area contributed by atoms with Crippen LogP contribution in [0.1, 0.15) is 38.8 Å². The molecule has 0 bridgehead atoms. The summed E-state index contributed by atoms with van der Waals surface area (Å²) in [5.41, 5.74) is 1.15. The monoisotopic (exact) mass is 541 g/mol. The summed E-state index contributed by atoms with van der Waals surface area (Å²) in [7, 11) is 0. The lowest BCUT2D eigenvalue weighted by Gasteiger charge is -2.36. The summed E-state index contributed by atoms with van der Waals surface area (Å²) < 4.78 is 37.4. The molecule has 38 heavy (non-hydrogen) atoms. The molecule has 1 aliphatic heterocycles. The van der Waals surface area contributed by atoms with Crippen molar-refractivity contribution >= 4 is 29.7 Å². The molecular weight excluding hydrogens is 508 g/mol. The van der Waals surface area contributed by atoms with Crippen molar-refractivity contribution in [3.05, 3.63) is 65.7 Å². The van der Waals surface area contributed by atoms with E-state index < -0.39 is 11.5 Å². The molecule has 2 aromatic heterocycles. The van der Waals surface area contributed by atoms with E-state index in [1.807, 2.05) is 64.1 Å². The number of rotatable bonds is 6. The molecule has 10 heteroatoms. The molecule has 1 fully saturated rings. The second-order valence-corrected chi connectivity index (χ2v) is 11.1. The molecule has 3 heterocycles. The van der Waals surface area contributed by atoms with Crippen LogP contribution in [0.25, 0.3) is 11.3 Å². The highest BCUT2D eigenvalue weighted by molar-refractivity contribution is 8.00. The van der Waals surface area contributed by atoms with Gasteiger partial charge in [0, 0.05) is 56.2 Å². The molecule has 1 N–H and O–H groups in total. The number of amides is 1. The number of hydrogen-bond acceptors (Lipinski definition) is 7. The number of nitrogens with one attached hydrogen (secondary N) is 1. The Labute approximate surface area is 226 Å². The molecule has 0 spiro atoms. The summed E-state index contributed by atoms with van der Waals surface area (Å²) in [6.07, 6.45) is -0.303. The third kappa shape index (κ3) is 6.92. The van der Waals surface area contributed by atoms with E-state index >= 15 is 0 Å². The van der Waals surface area contributed by atoms with Gasteiger partial charge < -0.3 is 19.3 Å². The van der Waals surface area contributed by atoms with Crippen LogP contribution in [-0.2, 0) is 10.7 Å². The molecule has 0 aliphatic carbocycles. The fraction of sp³-hybridized carbons (Fsp3) is 0.393. The van der Waals surface area contributed by atoms with E-state index in [1.54, 1.807) is 17.0 Å². The quantitative estimate of drug-likeness (QED) is 0.347. The van der Waals surface area contributed by atoms with Crippen molar-refractivity contribution in [2.24, 2.45) is 0 Å². The number of alkyl halides is 2. The van der Waals surface area contributed by atoms with Gasteiger partial charge in [0.25, 0.3) is 5.92 Å². The number of carbonyl (C=O) groups excluding carboxylic acids is 1. The van der Waals surface area contributed by atoms with E-state index in [0.29, 0.717) is 42.6 Å². The summed E-state index contributed by atoms with van der Waals surface area (Å²) in [6, 6.07) is 16.1. The van der Waals surface area contributed by atoms with Gasteiger partial charge in [-0.05, 0) is 57.5 Å². The van der Waals surface area contributed by atoms with Crippen LogP contribution in [0.15, 0.2) is 59.6 Å². The smallest absolute Gasteiger partial charge is 0.410 e. The molecule has 1 aromatic carbocycles. The molecule has 0 saturated carbocycles. The molecule has 202 valence electrons. The number of anilines is 2. The minimum atomic E-state index is -3.03. The van der Waals surface area contributed by atoms with Gasteiger partial charge in [0.05, 0.1) is 5.69 Å². The molecule has 0 unspecified atom stereocenters. The Kier molecular flexibility index (Phi) is 8.10. The number of halogens is 2. The first-order valence-electron chi connectivity index (χ1n) is 12.5. The molecular formula is C28H33F2N5O2S. The topological polar surface area (TPSA) is 70.6 Å². The van der Waals surface area contributed by atoms with Crippen molar-refractivity contribution in [2.75, 3.05) is 35.8 Å². The standard InChI is InChI=1S/C28H33F2N5O2S/c1-19-9-6-7-10-20(19)25-21(28(5,29)30)13-14-22(31-25)33-38-24-12-8-11-23(32-24)34-15-17-35(18-16-34)26(36)37-27(2,3)4/h6-14H,15-18H2,1-5H3,(H,31,33). The summed E-state index contributed by atoms with van der Waals surface area (Å²) in [6.45, 7) is 10.7. The number of benzene rings is 1. The van der Waals surface area contributed by atoms with E-state index in [2.05, 4.69) is 14.6 Å². The van der Waals surface area contributed by atoms with E-state index in [0.717, 1.165) is 18.3 Å². The van der Waals surface area contributed by atoms with Gasteiger partial charge >= 0.3 is 6.09 Å². The molecule has 4 rings (SSSR count). The third-order valence-electron chi connectivity index (χ3n) is 5.99. The number of hydrogen-bond donors (Lipinski definition) is 1. The van der Waals surface area contributed by atoms with Gasteiger partial charge in [-0.3, -0.25) is 0 Å². The van der Waals surface area contributed by atoms with Crippen LogP contribution < -0.4 is 9.62 Å². The maximum atomic E-state index is 14.4. The first kappa shape index (κ1) is 27.6. The van der Waals surface area contributed by atoms with Gasteiger partial charge in [0.2, 0.25) is 0 Å². The largest absolute Gasteiger partial charge is 0.444 e. The zero-order chi connectivity index (χ0) is 27.5. The third-order valence-corrected chi connectivity index (χ3v) is 6.74. The lowest BCUT2D eigenvalue weighted by atomic mass is 9.98. The van der Waals surface area contributed by atoms with Crippen molar-refractivity contribution in [1.82, 2.24) is 14.9 Å². The summed E-state index contributed by atoms with van der Waals surface area (Å²) in [5.74, 6) is -1.77. The van der Waals surface area contributed by atoms with E-state index in [1.165, 1.54) is 18.0 Å². The Hall–Kier alpha value is -3.40. The van der Waals surface area contributed by atoms with Crippen molar-refractivity contribution in [3.63, 3.8) is 0 Å². The fourth-order valence-electron chi connectivity index (χ4n) is 4.10. The SMILES string of the molecule is Cc1ccccc1-c1nc(NSc2cccc(N3CCN(C(=O)OC(C)(C)C)CC3)n2)ccc1C(C)(F)F. The minimum absolute atomic E-state index is 0.118. The highest BCUT2D eigenvalue weighted by Crippen LogP contribution is 2.37. The number of carbonyl (C=O) groups is 1. The summed E-state index contributed by atoms with van der Waals surface area (Å²) in [5, 5.41) is 0.709. The zero-order valence-electron chi connectivity index (χ0n) is 22.3. The first-order valence-corrected chi connectivity index (χ1v) is 13.3. The van der Waals surface area contributed by atoms with Gasteiger partial charge in [-0.25, -0.2) is 23.5 Å². The highest BCUT2D eigenvalue weighted by Gasteiger charge is 2.30. The van der Waals surface area contributed by atoms with Crippen LogP contribution in [0, 0.1) is 6.92 Å². The van der Waals surface area contributed by atoms with Crippen LogP contribution >= 0.6 is 11.9 Å². The molecule has 7 nitrogen and oxygen atoms in total. The van der Waals surface area contributed by atoms with Crippen molar-refractivity contribution in [3.8, 4) is 11.3 Å². The number of pyridine rings is 2. The van der Waals surface area contributed by atoms with E-state index in [9.17, 15) is 13.6 Å². The Balaban J connectivity index is 1.44. The molecule has 0 atom stereocenters. The van der Waals surface area contributed by atoms with Gasteiger partial charge in [-0.15, -0.1) is 0 Å². The van der Waals surface area contributed by atoms with Crippen LogP contribution in [0.4, 0.5) is 25.2 Å². The lowest BCUT2D eigenvalue weighted by molar-refractivity contribution is 0.0177. The van der Waals surface area contributed by atoms with Gasteiger partial charge in [-0.1, -0.05) is 30.3 Å². The van der Waals surface area contributed by atoms with Gasteiger partial charge in [-0.2, -0.15) is 0 Å². The predicted octanol–water partition coefficient (Wildman–Crippen LogP) is 6.74. The number of aryl methyl sites for hydroxylation is 1. The second-order valence-electron chi connectivity index (χ2n) is 10.3. The normalized spacial score (nSPS) is 14.4. The summed E-state index contributed by atoms with van der Waals surface area (Å²) in [4.78, 5) is 25.5. The second kappa shape index (κ2) is 11.1. The average Bonchev–Trinajstić information content (AvgIpc) is 2.86. The highest BCUT2D eigenvalue weighted by atomic mass is 32.2. The maximum Gasteiger partial charge on any atom is 0.410 e. The lowest BCUT2D eigenvalue weighted by Crippen LogP contribution is -2.50. The van der Waals surface area contributed by atoms with Crippen LogP contribution in [0.3, 0.4) is 0 Å².